The van der Waals surface area contributed by atoms with Crippen molar-refractivity contribution in [2.45, 2.75) is 44.7 Å². The molecule has 0 aliphatic rings. The molecule has 0 aliphatic heterocycles. The number of nitrogens with one attached hydrogen (secondary N) is 1. The number of rotatable bonds is 13. The normalized spacial score (nSPS) is 12.1. The number of sulfonamides is 1. The van der Waals surface area contributed by atoms with Gasteiger partial charge in [0.1, 0.15) is 24.2 Å². The number of hydrogen-bond donors (Lipinski definition) is 1. The van der Waals surface area contributed by atoms with Crippen LogP contribution in [0.3, 0.4) is 0 Å². The van der Waals surface area contributed by atoms with Crippen LogP contribution >= 0.6 is 11.6 Å². The Bertz CT molecular complexity index is 1450. The van der Waals surface area contributed by atoms with Crippen LogP contribution in [0.15, 0.2) is 77.7 Å². The number of ether oxygens (including phenoxy) is 1. The number of methoxy groups -OCH3 is 1. The average Bonchev–Trinajstić information content (AvgIpc) is 2.96. The van der Waals surface area contributed by atoms with E-state index >= 15 is 0 Å². The molecule has 0 radical (unpaired) electrons. The van der Waals surface area contributed by atoms with Gasteiger partial charge in [-0.1, -0.05) is 62.7 Å². The van der Waals surface area contributed by atoms with Crippen LogP contribution in [0, 0.1) is 11.7 Å². The summed E-state index contributed by atoms with van der Waals surface area (Å²) in [5, 5.41) is 2.59. The number of anilines is 1. The van der Waals surface area contributed by atoms with Gasteiger partial charge in [0.15, 0.2) is 0 Å². The van der Waals surface area contributed by atoms with Crippen LogP contribution in [0.5, 0.6) is 5.75 Å². The molecule has 1 atom stereocenters. The predicted octanol–water partition coefficient (Wildman–Crippen LogP) is 5.26. The highest BCUT2D eigenvalue weighted by Gasteiger charge is 2.34. The third-order valence-corrected chi connectivity index (χ3v) is 8.44. The van der Waals surface area contributed by atoms with Crippen LogP contribution in [-0.4, -0.2) is 51.4 Å². The first kappa shape index (κ1) is 31.9. The minimum Gasteiger partial charge on any atom is -0.497 e. The minimum atomic E-state index is -4.29. The van der Waals surface area contributed by atoms with Gasteiger partial charge >= 0.3 is 0 Å². The Morgan fingerprint density at radius 1 is 1.02 bits per heavy atom. The van der Waals surface area contributed by atoms with Crippen molar-refractivity contribution in [3.63, 3.8) is 0 Å². The van der Waals surface area contributed by atoms with Gasteiger partial charge in [0.05, 0.1) is 22.7 Å². The maximum atomic E-state index is 14.1. The Morgan fingerprint density at radius 2 is 1.73 bits per heavy atom. The molecule has 41 heavy (non-hydrogen) atoms. The smallest absolute Gasteiger partial charge is 0.264 e. The molecule has 1 unspecified atom stereocenters. The first-order valence-electron chi connectivity index (χ1n) is 13.2. The van der Waals surface area contributed by atoms with Crippen molar-refractivity contribution < 1.29 is 27.1 Å². The van der Waals surface area contributed by atoms with Gasteiger partial charge in [0, 0.05) is 13.1 Å². The average molecular weight is 604 g/mol. The fourth-order valence-corrected chi connectivity index (χ4v) is 5.80. The summed E-state index contributed by atoms with van der Waals surface area (Å²) in [6.07, 6.45) is 0.285. The molecule has 0 aliphatic carbocycles. The van der Waals surface area contributed by atoms with Crippen molar-refractivity contribution in [2.75, 3.05) is 24.5 Å². The van der Waals surface area contributed by atoms with E-state index in [2.05, 4.69) is 5.32 Å². The lowest BCUT2D eigenvalue weighted by Crippen LogP contribution is -2.52. The molecule has 8 nitrogen and oxygen atoms in total. The summed E-state index contributed by atoms with van der Waals surface area (Å²) in [6.45, 7) is 5.48. The predicted molar refractivity (Wildman–Crippen MR) is 158 cm³/mol. The Hall–Kier alpha value is -3.63. The van der Waals surface area contributed by atoms with E-state index in [1.165, 1.54) is 30.2 Å². The highest BCUT2D eigenvalue weighted by molar-refractivity contribution is 7.92. The van der Waals surface area contributed by atoms with Crippen molar-refractivity contribution in [3.05, 3.63) is 89.2 Å². The Labute approximate surface area is 246 Å². The lowest BCUT2D eigenvalue weighted by molar-refractivity contribution is -0.140. The van der Waals surface area contributed by atoms with Crippen LogP contribution < -0.4 is 14.4 Å². The summed E-state index contributed by atoms with van der Waals surface area (Å²) in [6, 6.07) is 17.2. The van der Waals surface area contributed by atoms with Gasteiger partial charge in [-0.2, -0.15) is 0 Å². The fourth-order valence-electron chi connectivity index (χ4n) is 4.20. The zero-order valence-corrected chi connectivity index (χ0v) is 25.1. The standard InChI is InChI=1S/C30H35ClFN3O5S/c1-5-28(30(37)33-18-21(2)3)34(19-22-10-9-11-24(16-22)40-4)29(36)20-35(23-14-15-27(32)26(31)17-23)41(38,39)25-12-7-6-8-13-25/h6-17,21,28H,5,18-20H2,1-4H3,(H,33,37). The Kier molecular flexibility index (Phi) is 11.1. The second-order valence-corrected chi connectivity index (χ2v) is 12.1. The van der Waals surface area contributed by atoms with Crippen LogP contribution in [0.2, 0.25) is 5.02 Å². The monoisotopic (exact) mass is 603 g/mol. The molecule has 0 heterocycles. The Morgan fingerprint density at radius 3 is 2.34 bits per heavy atom. The lowest BCUT2D eigenvalue weighted by Gasteiger charge is -2.33. The zero-order chi connectivity index (χ0) is 30.2. The number of carbonyl (C=O) groups excluding carboxylic acids is 2. The molecule has 0 spiro atoms. The van der Waals surface area contributed by atoms with Gasteiger partial charge in [0.2, 0.25) is 11.8 Å². The number of carbonyl (C=O) groups is 2. The van der Waals surface area contributed by atoms with Crippen LogP contribution in [0.1, 0.15) is 32.8 Å². The molecule has 0 saturated heterocycles. The summed E-state index contributed by atoms with van der Waals surface area (Å²) >= 11 is 6.01. The third kappa shape index (κ3) is 8.20. The number of nitrogens with zero attached hydrogens (tertiary/aromatic N) is 2. The number of benzene rings is 3. The van der Waals surface area contributed by atoms with Gasteiger partial charge in [-0.25, -0.2) is 12.8 Å². The zero-order valence-electron chi connectivity index (χ0n) is 23.5. The van der Waals surface area contributed by atoms with E-state index in [1.54, 1.807) is 49.4 Å². The molecule has 0 aromatic heterocycles. The molecular formula is C30H35ClFN3O5S. The summed E-state index contributed by atoms with van der Waals surface area (Å²) in [5.41, 5.74) is 0.697. The molecule has 0 fully saturated rings. The van der Waals surface area contributed by atoms with Gasteiger partial charge < -0.3 is 15.0 Å². The van der Waals surface area contributed by atoms with Crippen LogP contribution in [-0.2, 0) is 26.2 Å². The summed E-state index contributed by atoms with van der Waals surface area (Å²) in [7, 11) is -2.76. The SMILES string of the molecule is CCC(C(=O)NCC(C)C)N(Cc1cccc(OC)c1)C(=O)CN(c1ccc(F)c(Cl)c1)S(=O)(=O)c1ccccc1. The first-order valence-corrected chi connectivity index (χ1v) is 15.0. The van der Waals surface area contributed by atoms with Crippen molar-refractivity contribution in [1.29, 1.82) is 0 Å². The molecule has 3 aromatic rings. The van der Waals surface area contributed by atoms with Crippen molar-refractivity contribution in [1.82, 2.24) is 10.2 Å². The highest BCUT2D eigenvalue weighted by Crippen LogP contribution is 2.28. The third-order valence-electron chi connectivity index (χ3n) is 6.36. The lowest BCUT2D eigenvalue weighted by atomic mass is 10.1. The van der Waals surface area contributed by atoms with Gasteiger partial charge in [-0.05, 0) is 60.4 Å². The topological polar surface area (TPSA) is 96.0 Å². The number of halogens is 2. The molecule has 3 aromatic carbocycles. The summed E-state index contributed by atoms with van der Waals surface area (Å²) in [5.74, 6) is -0.944. The van der Waals surface area contributed by atoms with Crippen molar-refractivity contribution >= 4 is 39.1 Å². The first-order chi connectivity index (χ1) is 19.5. The highest BCUT2D eigenvalue weighted by atomic mass is 35.5. The van der Waals surface area contributed by atoms with E-state index in [4.69, 9.17) is 16.3 Å². The molecule has 11 heteroatoms. The Balaban J connectivity index is 2.07. The van der Waals surface area contributed by atoms with E-state index in [-0.39, 0.29) is 40.4 Å². The maximum Gasteiger partial charge on any atom is 0.264 e. The van der Waals surface area contributed by atoms with E-state index in [9.17, 15) is 22.4 Å². The molecule has 2 amide bonds. The van der Waals surface area contributed by atoms with E-state index in [0.29, 0.717) is 17.9 Å². The van der Waals surface area contributed by atoms with Crippen LogP contribution in [0.4, 0.5) is 10.1 Å². The molecule has 0 bridgehead atoms. The summed E-state index contributed by atoms with van der Waals surface area (Å²) < 4.78 is 47.8. The molecular weight excluding hydrogens is 569 g/mol. The molecule has 220 valence electrons. The van der Waals surface area contributed by atoms with Gasteiger partial charge in [-0.15, -0.1) is 0 Å². The van der Waals surface area contributed by atoms with E-state index in [1.807, 2.05) is 13.8 Å². The van der Waals surface area contributed by atoms with E-state index < -0.39 is 34.3 Å². The second kappa shape index (κ2) is 14.3. The quantitative estimate of drug-likeness (QED) is 0.287. The summed E-state index contributed by atoms with van der Waals surface area (Å²) in [4.78, 5) is 28.6. The van der Waals surface area contributed by atoms with Crippen molar-refractivity contribution in [2.24, 2.45) is 5.92 Å². The molecule has 3 rings (SSSR count). The largest absolute Gasteiger partial charge is 0.497 e. The number of amides is 2. The van der Waals surface area contributed by atoms with Gasteiger partial charge in [0.25, 0.3) is 10.0 Å². The van der Waals surface area contributed by atoms with Gasteiger partial charge in [-0.3, -0.25) is 13.9 Å². The second-order valence-electron chi connectivity index (χ2n) is 9.86. The van der Waals surface area contributed by atoms with E-state index in [0.717, 1.165) is 16.4 Å². The minimum absolute atomic E-state index is 0.00670. The maximum absolute atomic E-state index is 14.1. The van der Waals surface area contributed by atoms with Crippen LogP contribution in [0.25, 0.3) is 0 Å². The molecule has 0 saturated carbocycles. The fraction of sp³-hybridized carbons (Fsp3) is 0.333. The molecule has 1 N–H and O–H groups in total. The van der Waals surface area contributed by atoms with Crippen molar-refractivity contribution in [3.8, 4) is 5.75 Å². The number of hydrogen-bond acceptors (Lipinski definition) is 5.